The second-order valence-electron chi connectivity index (χ2n) is 8.27. The fourth-order valence-corrected chi connectivity index (χ4v) is 3.27. The van der Waals surface area contributed by atoms with Crippen LogP contribution in [0.15, 0.2) is 18.2 Å². The molecule has 1 saturated heterocycles. The molecule has 7 heteroatoms. The molecular formula is C20H30N4O3. The normalized spacial score (nSPS) is 17.0. The van der Waals surface area contributed by atoms with Crippen LogP contribution >= 0.6 is 0 Å². The summed E-state index contributed by atoms with van der Waals surface area (Å²) in [5.41, 5.74) is 1.99. The quantitative estimate of drug-likeness (QED) is 0.850. The summed E-state index contributed by atoms with van der Waals surface area (Å²) in [6, 6.07) is 5.14. The van der Waals surface area contributed by atoms with Gasteiger partial charge in [-0.2, -0.15) is 0 Å². The molecule has 148 valence electrons. The van der Waals surface area contributed by atoms with Crippen molar-refractivity contribution in [2.24, 2.45) is 5.92 Å². The molecule has 1 aliphatic rings. The fourth-order valence-electron chi connectivity index (χ4n) is 3.27. The van der Waals surface area contributed by atoms with Crippen molar-refractivity contribution in [2.75, 3.05) is 30.8 Å². The van der Waals surface area contributed by atoms with Gasteiger partial charge in [0.1, 0.15) is 0 Å². The predicted octanol–water partition coefficient (Wildman–Crippen LogP) is 3.06. The van der Waals surface area contributed by atoms with Crippen LogP contribution in [0.25, 0.3) is 0 Å². The van der Waals surface area contributed by atoms with Gasteiger partial charge in [0.15, 0.2) is 0 Å². The van der Waals surface area contributed by atoms with E-state index in [2.05, 4.69) is 10.6 Å². The van der Waals surface area contributed by atoms with E-state index in [1.807, 2.05) is 38.7 Å². The van der Waals surface area contributed by atoms with Gasteiger partial charge in [-0.15, -0.1) is 0 Å². The van der Waals surface area contributed by atoms with Gasteiger partial charge in [-0.1, -0.05) is 6.07 Å². The third kappa shape index (κ3) is 5.45. The molecule has 2 N–H and O–H groups in total. The summed E-state index contributed by atoms with van der Waals surface area (Å²) in [5.74, 6) is 0.0991. The van der Waals surface area contributed by atoms with Crippen LogP contribution in [0, 0.1) is 12.8 Å². The highest BCUT2D eigenvalue weighted by molar-refractivity contribution is 5.93. The first-order chi connectivity index (χ1) is 12.5. The standard InChI is InChI=1S/C20H30N4O3/c1-13-7-8-16(21-14(2)25)10-17(13)22-19(27)23(6)11-15-9-18(26)24(12-15)20(3,4)5/h7-8,10,15H,9,11-12H2,1-6H3,(H,21,25)(H,22,27). The Morgan fingerprint density at radius 3 is 2.48 bits per heavy atom. The number of nitrogens with one attached hydrogen (secondary N) is 2. The van der Waals surface area contributed by atoms with E-state index in [1.165, 1.54) is 6.92 Å². The van der Waals surface area contributed by atoms with Crippen LogP contribution in [-0.4, -0.2) is 53.3 Å². The number of hydrogen-bond acceptors (Lipinski definition) is 3. The number of likely N-dealkylation sites (tertiary alicyclic amines) is 1. The summed E-state index contributed by atoms with van der Waals surface area (Å²) < 4.78 is 0. The lowest BCUT2D eigenvalue weighted by Crippen LogP contribution is -2.43. The van der Waals surface area contributed by atoms with Crippen molar-refractivity contribution < 1.29 is 14.4 Å². The molecule has 1 aromatic rings. The summed E-state index contributed by atoms with van der Waals surface area (Å²) in [6.07, 6.45) is 0.464. The Labute approximate surface area is 161 Å². The summed E-state index contributed by atoms with van der Waals surface area (Å²) in [6.45, 7) is 10.6. The molecule has 27 heavy (non-hydrogen) atoms. The molecule has 0 radical (unpaired) electrons. The van der Waals surface area contributed by atoms with E-state index in [0.717, 1.165) is 5.56 Å². The minimum Gasteiger partial charge on any atom is -0.337 e. The summed E-state index contributed by atoms with van der Waals surface area (Å²) in [7, 11) is 1.73. The summed E-state index contributed by atoms with van der Waals surface area (Å²) >= 11 is 0. The predicted molar refractivity (Wildman–Crippen MR) is 107 cm³/mol. The van der Waals surface area contributed by atoms with Crippen LogP contribution < -0.4 is 10.6 Å². The Kier molecular flexibility index (Phi) is 6.13. The third-order valence-corrected chi connectivity index (χ3v) is 4.69. The van der Waals surface area contributed by atoms with Crippen molar-refractivity contribution in [3.8, 4) is 0 Å². The van der Waals surface area contributed by atoms with Crippen LogP contribution in [0.3, 0.4) is 0 Å². The second kappa shape index (κ2) is 7.98. The second-order valence-corrected chi connectivity index (χ2v) is 8.27. The van der Waals surface area contributed by atoms with Crippen molar-refractivity contribution in [3.05, 3.63) is 23.8 Å². The summed E-state index contributed by atoms with van der Waals surface area (Å²) in [4.78, 5) is 39.5. The minimum absolute atomic E-state index is 0.124. The monoisotopic (exact) mass is 374 g/mol. The number of rotatable bonds is 4. The number of aryl methyl sites for hydroxylation is 1. The fraction of sp³-hybridized carbons (Fsp3) is 0.550. The van der Waals surface area contributed by atoms with Crippen LogP contribution in [0.2, 0.25) is 0 Å². The van der Waals surface area contributed by atoms with E-state index in [0.29, 0.717) is 30.9 Å². The van der Waals surface area contributed by atoms with Gasteiger partial charge in [-0.25, -0.2) is 4.79 Å². The number of anilines is 2. The first kappa shape index (κ1) is 20.7. The number of carbonyl (C=O) groups excluding carboxylic acids is 3. The van der Waals surface area contributed by atoms with Crippen molar-refractivity contribution in [3.63, 3.8) is 0 Å². The highest BCUT2D eigenvalue weighted by Crippen LogP contribution is 2.26. The highest BCUT2D eigenvalue weighted by Gasteiger charge is 2.36. The number of carbonyl (C=O) groups is 3. The Bertz CT molecular complexity index is 739. The van der Waals surface area contributed by atoms with Gasteiger partial charge in [-0.3, -0.25) is 9.59 Å². The zero-order valence-corrected chi connectivity index (χ0v) is 17.0. The van der Waals surface area contributed by atoms with Crippen LogP contribution in [-0.2, 0) is 9.59 Å². The van der Waals surface area contributed by atoms with Crippen molar-refractivity contribution in [2.45, 2.75) is 46.6 Å². The number of nitrogens with zero attached hydrogens (tertiary/aromatic N) is 2. The molecule has 7 nitrogen and oxygen atoms in total. The Morgan fingerprint density at radius 2 is 1.93 bits per heavy atom. The molecule has 1 atom stereocenters. The molecule has 1 unspecified atom stereocenters. The van der Waals surface area contributed by atoms with Crippen LogP contribution in [0.4, 0.5) is 16.2 Å². The molecule has 1 heterocycles. The average molecular weight is 374 g/mol. The maximum Gasteiger partial charge on any atom is 0.321 e. The van der Waals surface area contributed by atoms with E-state index in [9.17, 15) is 14.4 Å². The SMILES string of the molecule is CC(=O)Nc1ccc(C)c(NC(=O)N(C)CC2CC(=O)N(C(C)(C)C)C2)c1. The van der Waals surface area contributed by atoms with Gasteiger partial charge in [0.25, 0.3) is 0 Å². The molecule has 2 rings (SSSR count). The number of benzene rings is 1. The van der Waals surface area contributed by atoms with Gasteiger partial charge in [0.05, 0.1) is 0 Å². The van der Waals surface area contributed by atoms with E-state index < -0.39 is 0 Å². The van der Waals surface area contributed by atoms with Crippen LogP contribution in [0.5, 0.6) is 0 Å². The Balaban J connectivity index is 1.98. The maximum atomic E-state index is 12.6. The molecule has 1 fully saturated rings. The number of amides is 4. The van der Waals surface area contributed by atoms with Gasteiger partial charge >= 0.3 is 6.03 Å². The first-order valence-corrected chi connectivity index (χ1v) is 9.18. The topological polar surface area (TPSA) is 81.8 Å². The molecule has 0 saturated carbocycles. The smallest absolute Gasteiger partial charge is 0.321 e. The molecule has 4 amide bonds. The van der Waals surface area contributed by atoms with E-state index in [4.69, 9.17) is 0 Å². The number of urea groups is 1. The molecule has 1 aliphatic heterocycles. The maximum absolute atomic E-state index is 12.6. The molecule has 0 bridgehead atoms. The average Bonchev–Trinajstić information content (AvgIpc) is 2.90. The molecule has 0 aliphatic carbocycles. The van der Waals surface area contributed by atoms with Crippen molar-refractivity contribution >= 4 is 29.2 Å². The lowest BCUT2D eigenvalue weighted by molar-refractivity contribution is -0.131. The zero-order valence-electron chi connectivity index (χ0n) is 17.0. The lowest BCUT2D eigenvalue weighted by Gasteiger charge is -2.32. The van der Waals surface area contributed by atoms with Gasteiger partial charge in [0.2, 0.25) is 11.8 Å². The highest BCUT2D eigenvalue weighted by atomic mass is 16.2. The van der Waals surface area contributed by atoms with E-state index >= 15 is 0 Å². The van der Waals surface area contributed by atoms with Gasteiger partial charge < -0.3 is 20.4 Å². The molecule has 1 aromatic carbocycles. The van der Waals surface area contributed by atoms with Gasteiger partial charge in [0, 0.05) is 56.3 Å². The van der Waals surface area contributed by atoms with Gasteiger partial charge in [-0.05, 0) is 45.4 Å². The van der Waals surface area contributed by atoms with Crippen molar-refractivity contribution in [1.29, 1.82) is 0 Å². The van der Waals surface area contributed by atoms with Crippen molar-refractivity contribution in [1.82, 2.24) is 9.80 Å². The first-order valence-electron chi connectivity index (χ1n) is 9.18. The summed E-state index contributed by atoms with van der Waals surface area (Å²) in [5, 5.41) is 5.60. The molecule has 0 spiro atoms. The lowest BCUT2D eigenvalue weighted by atomic mass is 10.1. The largest absolute Gasteiger partial charge is 0.337 e. The molecule has 0 aromatic heterocycles. The number of hydrogen-bond donors (Lipinski definition) is 2. The Hall–Kier alpha value is -2.57. The third-order valence-electron chi connectivity index (χ3n) is 4.69. The molecular weight excluding hydrogens is 344 g/mol. The van der Waals surface area contributed by atoms with Crippen LogP contribution in [0.1, 0.15) is 39.7 Å². The zero-order chi connectivity index (χ0) is 20.4. The van der Waals surface area contributed by atoms with E-state index in [-0.39, 0.29) is 29.3 Å². The van der Waals surface area contributed by atoms with E-state index in [1.54, 1.807) is 24.1 Å². The minimum atomic E-state index is -0.236. The Morgan fingerprint density at radius 1 is 1.26 bits per heavy atom.